The molecule has 1 heterocycles. The van der Waals surface area contributed by atoms with E-state index in [-0.39, 0.29) is 5.92 Å². The van der Waals surface area contributed by atoms with E-state index in [0.29, 0.717) is 26.1 Å². The molecule has 6 nitrogen and oxygen atoms in total. The average Bonchev–Trinajstić information content (AvgIpc) is 2.52. The third kappa shape index (κ3) is 4.47. The number of hydrogen-bond acceptors (Lipinski definition) is 4. The molecule has 1 fully saturated rings. The quantitative estimate of drug-likeness (QED) is 0.886. The van der Waals surface area contributed by atoms with Gasteiger partial charge >= 0.3 is 12.1 Å². The van der Waals surface area contributed by atoms with Crippen LogP contribution in [0.4, 0.5) is 4.79 Å². The normalized spacial score (nSPS) is 21.4. The molecule has 6 heteroatoms. The SMILES string of the molecule is CC(C)(C)OC(=O)N1CCC(C(=O)O)C(c2cccc(CN)c2)C1. The van der Waals surface area contributed by atoms with Gasteiger partial charge in [0, 0.05) is 25.6 Å². The lowest BCUT2D eigenvalue weighted by Crippen LogP contribution is -2.46. The number of nitrogens with two attached hydrogens (primary N) is 1. The van der Waals surface area contributed by atoms with E-state index in [1.807, 2.05) is 45.0 Å². The Labute approximate surface area is 142 Å². The van der Waals surface area contributed by atoms with Crippen LogP contribution in [0.15, 0.2) is 24.3 Å². The number of hydrogen-bond donors (Lipinski definition) is 2. The molecule has 1 aliphatic rings. The summed E-state index contributed by atoms with van der Waals surface area (Å²) in [5, 5.41) is 9.55. The van der Waals surface area contributed by atoms with Crippen molar-refractivity contribution in [2.45, 2.75) is 45.3 Å². The molecule has 0 aliphatic carbocycles. The van der Waals surface area contributed by atoms with Gasteiger partial charge in [-0.25, -0.2) is 4.79 Å². The average molecular weight is 334 g/mol. The van der Waals surface area contributed by atoms with Gasteiger partial charge in [0.2, 0.25) is 0 Å². The molecule has 2 rings (SSSR count). The summed E-state index contributed by atoms with van der Waals surface area (Å²) in [6, 6.07) is 7.62. The molecule has 2 unspecified atom stereocenters. The molecular formula is C18H26N2O4. The smallest absolute Gasteiger partial charge is 0.410 e. The zero-order valence-corrected chi connectivity index (χ0v) is 14.5. The summed E-state index contributed by atoms with van der Waals surface area (Å²) in [4.78, 5) is 25.6. The summed E-state index contributed by atoms with van der Waals surface area (Å²) < 4.78 is 5.42. The topological polar surface area (TPSA) is 92.9 Å². The number of carbonyl (C=O) groups excluding carboxylic acids is 1. The fourth-order valence-corrected chi connectivity index (χ4v) is 3.03. The predicted molar refractivity (Wildman–Crippen MR) is 90.6 cm³/mol. The van der Waals surface area contributed by atoms with Crippen LogP contribution in [0.5, 0.6) is 0 Å². The van der Waals surface area contributed by atoms with Gasteiger partial charge in [-0.3, -0.25) is 4.79 Å². The molecule has 2 atom stereocenters. The second-order valence-electron chi connectivity index (χ2n) is 7.22. The number of nitrogens with zero attached hydrogens (tertiary/aromatic N) is 1. The van der Waals surface area contributed by atoms with E-state index in [1.165, 1.54) is 0 Å². The molecule has 1 amide bonds. The van der Waals surface area contributed by atoms with E-state index < -0.39 is 23.6 Å². The lowest BCUT2D eigenvalue weighted by atomic mass is 9.80. The van der Waals surface area contributed by atoms with Crippen molar-refractivity contribution in [3.05, 3.63) is 35.4 Å². The number of carbonyl (C=O) groups is 2. The molecule has 1 aromatic carbocycles. The zero-order chi connectivity index (χ0) is 17.9. The first-order valence-electron chi connectivity index (χ1n) is 8.21. The molecule has 0 radical (unpaired) electrons. The molecule has 132 valence electrons. The lowest BCUT2D eigenvalue weighted by molar-refractivity contribution is -0.144. The van der Waals surface area contributed by atoms with Crippen LogP contribution in [0.3, 0.4) is 0 Å². The predicted octanol–water partition coefficient (Wildman–Crippen LogP) is 2.57. The van der Waals surface area contributed by atoms with Crippen molar-refractivity contribution in [1.29, 1.82) is 0 Å². The van der Waals surface area contributed by atoms with Gasteiger partial charge in [0.25, 0.3) is 0 Å². The highest BCUT2D eigenvalue weighted by Crippen LogP contribution is 2.33. The van der Waals surface area contributed by atoms with Gasteiger partial charge in [-0.15, -0.1) is 0 Å². The van der Waals surface area contributed by atoms with Gasteiger partial charge in [0.05, 0.1) is 5.92 Å². The van der Waals surface area contributed by atoms with Gasteiger partial charge in [-0.2, -0.15) is 0 Å². The van der Waals surface area contributed by atoms with Crippen molar-refractivity contribution in [3.8, 4) is 0 Å². The Morgan fingerprint density at radius 1 is 1.38 bits per heavy atom. The Morgan fingerprint density at radius 3 is 2.67 bits per heavy atom. The fraction of sp³-hybridized carbons (Fsp3) is 0.556. The third-order valence-corrected chi connectivity index (χ3v) is 4.20. The van der Waals surface area contributed by atoms with Crippen molar-refractivity contribution in [1.82, 2.24) is 4.90 Å². The summed E-state index contributed by atoms with van der Waals surface area (Å²) in [5.41, 5.74) is 6.96. The summed E-state index contributed by atoms with van der Waals surface area (Å²) in [6.07, 6.45) is 0.0119. The van der Waals surface area contributed by atoms with Crippen LogP contribution in [0.1, 0.15) is 44.2 Å². The maximum atomic E-state index is 12.3. The monoisotopic (exact) mass is 334 g/mol. The van der Waals surface area contributed by atoms with Crippen molar-refractivity contribution in [3.63, 3.8) is 0 Å². The van der Waals surface area contributed by atoms with Crippen LogP contribution in [0.25, 0.3) is 0 Å². The number of benzene rings is 1. The van der Waals surface area contributed by atoms with Gasteiger partial charge in [0.15, 0.2) is 0 Å². The third-order valence-electron chi connectivity index (χ3n) is 4.20. The largest absolute Gasteiger partial charge is 0.481 e. The minimum Gasteiger partial charge on any atom is -0.481 e. The molecule has 0 aromatic heterocycles. The number of ether oxygens (including phenoxy) is 1. The summed E-state index contributed by atoms with van der Waals surface area (Å²) in [5.74, 6) is -1.62. The molecule has 3 N–H and O–H groups in total. The molecular weight excluding hydrogens is 308 g/mol. The Morgan fingerprint density at radius 2 is 2.08 bits per heavy atom. The van der Waals surface area contributed by atoms with Crippen molar-refractivity contribution in [2.75, 3.05) is 13.1 Å². The molecule has 0 saturated carbocycles. The summed E-state index contributed by atoms with van der Waals surface area (Å²) in [6.45, 7) is 6.57. The van der Waals surface area contributed by atoms with E-state index >= 15 is 0 Å². The van der Waals surface area contributed by atoms with Gasteiger partial charge < -0.3 is 20.5 Å². The Balaban J connectivity index is 2.23. The number of aliphatic carboxylic acids is 1. The Hall–Kier alpha value is -2.08. The number of rotatable bonds is 3. The molecule has 0 bridgehead atoms. The van der Waals surface area contributed by atoms with Crippen molar-refractivity contribution in [2.24, 2.45) is 11.7 Å². The maximum Gasteiger partial charge on any atom is 0.410 e. The Bertz CT molecular complexity index is 609. The molecule has 1 aromatic rings. The van der Waals surface area contributed by atoms with Crippen LogP contribution < -0.4 is 5.73 Å². The lowest BCUT2D eigenvalue weighted by Gasteiger charge is -2.37. The van der Waals surface area contributed by atoms with Crippen LogP contribution in [0.2, 0.25) is 0 Å². The van der Waals surface area contributed by atoms with E-state index in [9.17, 15) is 14.7 Å². The highest BCUT2D eigenvalue weighted by atomic mass is 16.6. The second kappa shape index (κ2) is 7.21. The first kappa shape index (κ1) is 18.3. The van der Waals surface area contributed by atoms with E-state index in [0.717, 1.165) is 11.1 Å². The van der Waals surface area contributed by atoms with Crippen LogP contribution in [-0.4, -0.2) is 40.8 Å². The van der Waals surface area contributed by atoms with Crippen LogP contribution in [-0.2, 0) is 16.1 Å². The molecule has 0 spiro atoms. The van der Waals surface area contributed by atoms with Gasteiger partial charge in [0.1, 0.15) is 5.60 Å². The second-order valence-corrected chi connectivity index (χ2v) is 7.22. The number of likely N-dealkylation sites (tertiary alicyclic amines) is 1. The van der Waals surface area contributed by atoms with E-state index in [1.54, 1.807) is 4.90 Å². The van der Waals surface area contributed by atoms with Crippen molar-refractivity contribution >= 4 is 12.1 Å². The van der Waals surface area contributed by atoms with E-state index in [4.69, 9.17) is 10.5 Å². The number of carboxylic acids is 1. The molecule has 1 saturated heterocycles. The first-order chi connectivity index (χ1) is 11.2. The minimum absolute atomic E-state index is 0.268. The fourth-order valence-electron chi connectivity index (χ4n) is 3.03. The van der Waals surface area contributed by atoms with Crippen molar-refractivity contribution < 1.29 is 19.4 Å². The van der Waals surface area contributed by atoms with Gasteiger partial charge in [-0.1, -0.05) is 24.3 Å². The molecule has 24 heavy (non-hydrogen) atoms. The first-order valence-corrected chi connectivity index (χ1v) is 8.21. The van der Waals surface area contributed by atoms with Crippen LogP contribution >= 0.6 is 0 Å². The number of carboxylic acid groups (broad SMARTS) is 1. The standard InChI is InChI=1S/C18H26N2O4/c1-18(2,3)24-17(23)20-8-7-14(16(21)22)15(11-20)13-6-4-5-12(9-13)10-19/h4-6,9,14-15H,7-8,10-11,19H2,1-3H3,(H,21,22). The van der Waals surface area contributed by atoms with Crippen LogP contribution in [0, 0.1) is 5.92 Å². The summed E-state index contributed by atoms with van der Waals surface area (Å²) in [7, 11) is 0. The summed E-state index contributed by atoms with van der Waals surface area (Å²) >= 11 is 0. The Kier molecular flexibility index (Phi) is 5.49. The number of piperidine rings is 1. The number of amides is 1. The maximum absolute atomic E-state index is 12.3. The molecule has 1 aliphatic heterocycles. The van der Waals surface area contributed by atoms with Gasteiger partial charge in [-0.05, 0) is 38.3 Å². The highest BCUT2D eigenvalue weighted by molar-refractivity contribution is 5.73. The zero-order valence-electron chi connectivity index (χ0n) is 14.5. The highest BCUT2D eigenvalue weighted by Gasteiger charge is 2.38. The van der Waals surface area contributed by atoms with E-state index in [2.05, 4.69) is 0 Å². The minimum atomic E-state index is -0.831.